The standard InChI is InChI=1S/C11H28O6SSi2/c1-7-15-19(16-8-2,17-9-3)11-10-18-20(12-4,13-5)14-6/h10,18H,7-9,11H2,1-6H3. The molecule has 0 spiro atoms. The Bertz CT molecular complexity index is 250. The maximum absolute atomic E-state index is 5.78. The predicted molar refractivity (Wildman–Crippen MR) is 87.3 cm³/mol. The van der Waals surface area contributed by atoms with Gasteiger partial charge in [0.1, 0.15) is 0 Å². The fraction of sp³-hybridized carbons (Fsp3) is 0.909. The van der Waals surface area contributed by atoms with E-state index in [0.717, 1.165) is 10.8 Å². The quantitative estimate of drug-likeness (QED) is 0.330. The molecule has 0 fully saturated rings. The molecule has 0 saturated heterocycles. The van der Waals surface area contributed by atoms with Crippen molar-refractivity contribution in [3.8, 4) is 0 Å². The van der Waals surface area contributed by atoms with Crippen LogP contribution in [0.3, 0.4) is 0 Å². The van der Waals surface area contributed by atoms with E-state index in [9.17, 15) is 0 Å². The molecule has 0 aliphatic rings. The summed E-state index contributed by atoms with van der Waals surface area (Å²) in [5.74, 6) is 0. The van der Waals surface area contributed by atoms with E-state index in [1.807, 2.05) is 26.1 Å². The smallest absolute Gasteiger partial charge is 0.374 e. The van der Waals surface area contributed by atoms with Crippen molar-refractivity contribution in [3.05, 3.63) is 0 Å². The van der Waals surface area contributed by atoms with Crippen molar-refractivity contribution in [3.63, 3.8) is 0 Å². The van der Waals surface area contributed by atoms with Gasteiger partial charge in [-0.1, -0.05) is 5.37 Å². The van der Waals surface area contributed by atoms with E-state index in [1.165, 1.54) is 0 Å². The molecule has 0 aliphatic heterocycles. The van der Waals surface area contributed by atoms with Gasteiger partial charge in [0.15, 0.2) is 0 Å². The summed E-state index contributed by atoms with van der Waals surface area (Å²) >= 11 is 0. The molecule has 122 valence electrons. The van der Waals surface area contributed by atoms with Crippen LogP contribution in [-0.4, -0.2) is 63.3 Å². The van der Waals surface area contributed by atoms with Gasteiger partial charge >= 0.3 is 16.8 Å². The lowest BCUT2D eigenvalue weighted by molar-refractivity contribution is 0.0757. The average molecular weight is 345 g/mol. The Morgan fingerprint density at radius 1 is 0.800 bits per heavy atom. The summed E-state index contributed by atoms with van der Waals surface area (Å²) in [4.78, 5) is 0. The van der Waals surface area contributed by atoms with Crippen molar-refractivity contribution in [2.75, 3.05) is 41.2 Å². The summed E-state index contributed by atoms with van der Waals surface area (Å²) in [6, 6.07) is 0.606. The second kappa shape index (κ2) is 11.0. The highest BCUT2D eigenvalue weighted by Gasteiger charge is 2.41. The van der Waals surface area contributed by atoms with Crippen LogP contribution in [0.2, 0.25) is 6.04 Å². The first-order chi connectivity index (χ1) is 9.57. The lowest BCUT2D eigenvalue weighted by Crippen LogP contribution is -2.46. The molecule has 0 amide bonds. The van der Waals surface area contributed by atoms with Crippen molar-refractivity contribution in [2.45, 2.75) is 26.8 Å². The number of hydrogen-bond acceptors (Lipinski definition) is 6. The van der Waals surface area contributed by atoms with Gasteiger partial charge in [0.05, 0.1) is 0 Å². The summed E-state index contributed by atoms with van der Waals surface area (Å²) in [6.07, 6.45) is 0. The summed E-state index contributed by atoms with van der Waals surface area (Å²) in [5, 5.41) is 2.01. The molecule has 0 N–H and O–H groups in total. The molecule has 0 aromatic rings. The Labute approximate surface area is 128 Å². The molecule has 0 saturated carbocycles. The Kier molecular flexibility index (Phi) is 11.3. The molecule has 0 aromatic carbocycles. The number of thiol groups is 1. The van der Waals surface area contributed by atoms with E-state index < -0.39 is 16.8 Å². The van der Waals surface area contributed by atoms with Crippen LogP contribution in [0.1, 0.15) is 20.8 Å². The maximum Gasteiger partial charge on any atom is 0.564 e. The molecule has 0 radical (unpaired) electrons. The Hall–Kier alpha value is 0.414. The first-order valence-electron chi connectivity index (χ1n) is 6.68. The Morgan fingerprint density at radius 3 is 1.50 bits per heavy atom. The van der Waals surface area contributed by atoms with E-state index in [4.69, 9.17) is 26.6 Å². The number of rotatable bonds is 12. The number of hydrogen-bond donors (Lipinski definition) is 1. The van der Waals surface area contributed by atoms with E-state index in [1.54, 1.807) is 21.3 Å². The zero-order valence-electron chi connectivity index (χ0n) is 13.3. The zero-order chi connectivity index (χ0) is 15.5. The third-order valence-electron chi connectivity index (χ3n) is 2.46. The molecular formula is C11H28O6SSi2. The van der Waals surface area contributed by atoms with Gasteiger partial charge in [-0.3, -0.25) is 0 Å². The molecule has 0 unspecified atom stereocenters. The highest BCUT2D eigenvalue weighted by Crippen LogP contribution is 2.19. The molecule has 0 atom stereocenters. The van der Waals surface area contributed by atoms with E-state index >= 15 is 0 Å². The minimum atomic E-state index is -2.64. The fourth-order valence-corrected chi connectivity index (χ4v) is 8.30. The van der Waals surface area contributed by atoms with Gasteiger partial charge in [0.25, 0.3) is 0 Å². The van der Waals surface area contributed by atoms with Crippen LogP contribution in [0.4, 0.5) is 0 Å². The maximum atomic E-state index is 5.78. The largest absolute Gasteiger partial charge is 0.564 e. The molecule has 0 heterocycles. The average Bonchev–Trinajstić information content (AvgIpc) is 2.45. The van der Waals surface area contributed by atoms with Gasteiger partial charge in [0, 0.05) is 47.2 Å². The molecule has 20 heavy (non-hydrogen) atoms. The van der Waals surface area contributed by atoms with Crippen LogP contribution in [-0.2, 0) is 26.6 Å². The second-order valence-electron chi connectivity index (χ2n) is 3.63. The van der Waals surface area contributed by atoms with E-state index in [0.29, 0.717) is 25.9 Å². The fourth-order valence-electron chi connectivity index (χ4n) is 1.64. The van der Waals surface area contributed by atoms with Crippen molar-refractivity contribution < 1.29 is 26.6 Å². The predicted octanol–water partition coefficient (Wildman–Crippen LogP) is 1.68. The second-order valence-corrected chi connectivity index (χ2v) is 11.6. The summed E-state index contributed by atoms with van der Waals surface area (Å²) < 4.78 is 33.5. The lowest BCUT2D eigenvalue weighted by atomic mass is 10.9. The van der Waals surface area contributed by atoms with Crippen LogP contribution < -0.4 is 0 Å². The zero-order valence-corrected chi connectivity index (χ0v) is 16.2. The van der Waals surface area contributed by atoms with Crippen molar-refractivity contribution in [1.29, 1.82) is 0 Å². The van der Waals surface area contributed by atoms with Gasteiger partial charge in [-0.05, 0) is 20.8 Å². The monoisotopic (exact) mass is 344 g/mol. The van der Waals surface area contributed by atoms with Gasteiger partial charge in [-0.2, -0.15) is 0 Å². The summed E-state index contributed by atoms with van der Waals surface area (Å²) in [7, 11) is 0.401. The molecule has 9 heteroatoms. The minimum Gasteiger partial charge on any atom is -0.374 e. The molecular weight excluding hydrogens is 316 g/mol. The molecule has 0 aliphatic carbocycles. The minimum absolute atomic E-state index is 0.568. The SMILES string of the molecule is CCO[Si](CC=[SH][Si](OC)(OC)OC)(OCC)OCC. The molecule has 0 bridgehead atoms. The van der Waals surface area contributed by atoms with Crippen LogP contribution in [0, 0.1) is 0 Å². The summed E-state index contributed by atoms with van der Waals surface area (Å²) in [6.45, 7) is 7.52. The highest BCUT2D eigenvalue weighted by molar-refractivity contribution is 8.24. The Balaban J connectivity index is 4.88. The van der Waals surface area contributed by atoms with Gasteiger partial charge < -0.3 is 26.6 Å². The topological polar surface area (TPSA) is 55.4 Å². The highest BCUT2D eigenvalue weighted by atomic mass is 32.3. The van der Waals surface area contributed by atoms with Crippen LogP contribution >= 0.6 is 10.8 Å². The van der Waals surface area contributed by atoms with Crippen LogP contribution in [0.25, 0.3) is 0 Å². The van der Waals surface area contributed by atoms with Crippen molar-refractivity contribution >= 4 is 32.9 Å². The molecule has 0 aromatic heterocycles. The van der Waals surface area contributed by atoms with E-state index in [2.05, 4.69) is 0 Å². The lowest BCUT2D eigenvalue weighted by Gasteiger charge is -2.27. The van der Waals surface area contributed by atoms with Crippen molar-refractivity contribution in [2.24, 2.45) is 0 Å². The van der Waals surface area contributed by atoms with Gasteiger partial charge in [-0.25, -0.2) is 0 Å². The van der Waals surface area contributed by atoms with Gasteiger partial charge in [-0.15, -0.1) is 10.8 Å². The Morgan fingerprint density at radius 2 is 1.20 bits per heavy atom. The van der Waals surface area contributed by atoms with Crippen molar-refractivity contribution in [1.82, 2.24) is 0 Å². The normalized spacial score (nSPS) is 13.7. The van der Waals surface area contributed by atoms with Crippen LogP contribution in [0.15, 0.2) is 0 Å². The van der Waals surface area contributed by atoms with Gasteiger partial charge in [0.2, 0.25) is 0 Å². The molecule has 6 nitrogen and oxygen atoms in total. The summed E-state index contributed by atoms with van der Waals surface area (Å²) in [5.41, 5.74) is 0. The van der Waals surface area contributed by atoms with Crippen LogP contribution in [0.5, 0.6) is 0 Å². The first kappa shape index (κ1) is 20.4. The van der Waals surface area contributed by atoms with E-state index in [-0.39, 0.29) is 0 Å². The molecule has 0 rings (SSSR count). The first-order valence-corrected chi connectivity index (χ1v) is 12.1. The third kappa shape index (κ3) is 6.45. The third-order valence-corrected chi connectivity index (χ3v) is 11.1.